The summed E-state index contributed by atoms with van der Waals surface area (Å²) < 4.78 is 0. The first-order chi connectivity index (χ1) is 4.72. The van der Waals surface area contributed by atoms with E-state index < -0.39 is 0 Å². The lowest BCUT2D eigenvalue weighted by Crippen LogP contribution is -2.31. The van der Waals surface area contributed by atoms with Gasteiger partial charge in [0.25, 0.3) is 0 Å². The first-order valence-corrected chi connectivity index (χ1v) is 3.68. The summed E-state index contributed by atoms with van der Waals surface area (Å²) in [6.45, 7) is 5.88. The molecule has 0 aliphatic carbocycles. The maximum absolute atomic E-state index is 5.52. The third kappa shape index (κ3) is 3.82. The molecule has 0 fully saturated rings. The van der Waals surface area contributed by atoms with Gasteiger partial charge < -0.3 is 10.6 Å². The predicted molar refractivity (Wildman–Crippen MR) is 42.4 cm³/mol. The van der Waals surface area contributed by atoms with Crippen molar-refractivity contribution in [2.45, 2.75) is 13.8 Å². The van der Waals surface area contributed by atoms with Gasteiger partial charge in [-0.05, 0) is 18.4 Å². The lowest BCUT2D eigenvalue weighted by molar-refractivity contribution is 0.0746. The first kappa shape index (κ1) is 9.88. The fourth-order valence-electron chi connectivity index (χ4n) is 0.782. The molecule has 0 bridgehead atoms. The van der Waals surface area contributed by atoms with Crippen molar-refractivity contribution >= 4 is 0 Å². The van der Waals surface area contributed by atoms with Crippen LogP contribution in [0.3, 0.4) is 0 Å². The fraction of sp³-hybridized carbons (Fsp3) is 1.00. The zero-order valence-corrected chi connectivity index (χ0v) is 7.05. The molecule has 0 aromatic heterocycles. The van der Waals surface area contributed by atoms with Crippen LogP contribution in [0.2, 0.25) is 0 Å². The zero-order valence-electron chi connectivity index (χ0n) is 7.05. The van der Waals surface area contributed by atoms with E-state index in [1.54, 1.807) is 7.11 Å². The zero-order chi connectivity index (χ0) is 7.98. The Labute approximate surface area is 62.9 Å². The third-order valence-electron chi connectivity index (χ3n) is 1.74. The molecule has 3 N–H and O–H groups in total. The summed E-state index contributed by atoms with van der Waals surface area (Å²) in [5, 5.41) is 0. The molecule has 0 aliphatic heterocycles. The van der Waals surface area contributed by atoms with Crippen LogP contribution in [0.5, 0.6) is 0 Å². The predicted octanol–water partition coefficient (Wildman–Crippen LogP) is 0.368. The number of hydroxylamine groups is 1. The molecule has 0 heterocycles. The maximum Gasteiger partial charge on any atom is 0.0572 e. The SMILES string of the molecule is CONCC(CN)C(C)C. The first-order valence-electron chi connectivity index (χ1n) is 3.68. The highest BCUT2D eigenvalue weighted by Gasteiger charge is 2.09. The molecule has 10 heavy (non-hydrogen) atoms. The quantitative estimate of drug-likeness (QED) is 0.551. The molecule has 0 aromatic rings. The van der Waals surface area contributed by atoms with Gasteiger partial charge in [0.05, 0.1) is 7.11 Å². The summed E-state index contributed by atoms with van der Waals surface area (Å²) in [6, 6.07) is 0. The Kier molecular flexibility index (Phi) is 5.58. The van der Waals surface area contributed by atoms with Crippen molar-refractivity contribution in [3.8, 4) is 0 Å². The van der Waals surface area contributed by atoms with Crippen molar-refractivity contribution in [1.29, 1.82) is 0 Å². The molecule has 1 atom stereocenters. The Hall–Kier alpha value is -0.120. The molecular weight excluding hydrogens is 128 g/mol. The van der Waals surface area contributed by atoms with Crippen LogP contribution in [-0.4, -0.2) is 20.2 Å². The average Bonchev–Trinajstić information content (AvgIpc) is 1.89. The highest BCUT2D eigenvalue weighted by Crippen LogP contribution is 2.06. The van der Waals surface area contributed by atoms with Gasteiger partial charge in [0.15, 0.2) is 0 Å². The number of nitrogens with two attached hydrogens (primary N) is 1. The summed E-state index contributed by atoms with van der Waals surface area (Å²) in [5.74, 6) is 1.13. The molecule has 3 nitrogen and oxygen atoms in total. The lowest BCUT2D eigenvalue weighted by atomic mass is 9.96. The number of nitrogens with one attached hydrogen (secondary N) is 1. The number of hydrogen-bond acceptors (Lipinski definition) is 3. The van der Waals surface area contributed by atoms with Crippen molar-refractivity contribution in [1.82, 2.24) is 5.48 Å². The van der Waals surface area contributed by atoms with Gasteiger partial charge in [-0.1, -0.05) is 13.8 Å². The fourth-order valence-corrected chi connectivity index (χ4v) is 0.782. The molecule has 0 amide bonds. The summed E-state index contributed by atoms with van der Waals surface area (Å²) in [4.78, 5) is 4.72. The van der Waals surface area contributed by atoms with Gasteiger partial charge in [0, 0.05) is 6.54 Å². The van der Waals surface area contributed by atoms with Crippen LogP contribution in [-0.2, 0) is 4.84 Å². The summed E-state index contributed by atoms with van der Waals surface area (Å²) in [6.07, 6.45) is 0. The van der Waals surface area contributed by atoms with Crippen LogP contribution in [0, 0.1) is 11.8 Å². The van der Waals surface area contributed by atoms with Gasteiger partial charge in [-0.25, -0.2) is 5.48 Å². The van der Waals surface area contributed by atoms with E-state index in [-0.39, 0.29) is 0 Å². The van der Waals surface area contributed by atoms with E-state index >= 15 is 0 Å². The minimum absolute atomic E-state index is 0.514. The molecule has 0 aromatic carbocycles. The van der Waals surface area contributed by atoms with Crippen molar-refractivity contribution < 1.29 is 4.84 Å². The second kappa shape index (κ2) is 5.65. The Morgan fingerprint density at radius 3 is 2.40 bits per heavy atom. The normalized spacial score (nSPS) is 14.1. The van der Waals surface area contributed by atoms with E-state index in [1.165, 1.54) is 0 Å². The molecular formula is C7H18N2O. The highest BCUT2D eigenvalue weighted by atomic mass is 16.6. The summed E-state index contributed by atoms with van der Waals surface area (Å²) in [7, 11) is 1.62. The Bertz CT molecular complexity index is 76.0. The van der Waals surface area contributed by atoms with Crippen LogP contribution in [0.4, 0.5) is 0 Å². The minimum atomic E-state index is 0.514. The molecule has 0 radical (unpaired) electrons. The molecule has 0 rings (SSSR count). The molecule has 3 heteroatoms. The van der Waals surface area contributed by atoms with Gasteiger partial charge in [0.1, 0.15) is 0 Å². The van der Waals surface area contributed by atoms with E-state index in [4.69, 9.17) is 10.6 Å². The van der Waals surface area contributed by atoms with Crippen LogP contribution >= 0.6 is 0 Å². The van der Waals surface area contributed by atoms with E-state index in [0.717, 1.165) is 6.54 Å². The molecule has 0 saturated carbocycles. The average molecular weight is 146 g/mol. The molecule has 0 aliphatic rings. The van der Waals surface area contributed by atoms with E-state index in [1.807, 2.05) is 0 Å². The third-order valence-corrected chi connectivity index (χ3v) is 1.74. The Morgan fingerprint density at radius 2 is 2.10 bits per heavy atom. The standard InChI is InChI=1S/C7H18N2O/c1-6(2)7(4-8)5-9-10-3/h6-7,9H,4-5,8H2,1-3H3. The monoisotopic (exact) mass is 146 g/mol. The molecule has 0 saturated heterocycles. The van der Waals surface area contributed by atoms with Crippen LogP contribution < -0.4 is 11.2 Å². The van der Waals surface area contributed by atoms with Crippen molar-refractivity contribution in [2.75, 3.05) is 20.2 Å². The van der Waals surface area contributed by atoms with Gasteiger partial charge in [-0.15, -0.1) is 0 Å². The van der Waals surface area contributed by atoms with Crippen molar-refractivity contribution in [2.24, 2.45) is 17.6 Å². The van der Waals surface area contributed by atoms with E-state index in [0.29, 0.717) is 18.4 Å². The Balaban J connectivity index is 3.40. The topological polar surface area (TPSA) is 47.3 Å². The maximum atomic E-state index is 5.52. The number of rotatable bonds is 5. The summed E-state index contributed by atoms with van der Waals surface area (Å²) >= 11 is 0. The Morgan fingerprint density at radius 1 is 1.50 bits per heavy atom. The minimum Gasteiger partial charge on any atom is -0.330 e. The van der Waals surface area contributed by atoms with Crippen LogP contribution in [0.25, 0.3) is 0 Å². The van der Waals surface area contributed by atoms with E-state index in [2.05, 4.69) is 19.3 Å². The van der Waals surface area contributed by atoms with Crippen LogP contribution in [0.1, 0.15) is 13.8 Å². The van der Waals surface area contributed by atoms with Gasteiger partial charge >= 0.3 is 0 Å². The van der Waals surface area contributed by atoms with E-state index in [9.17, 15) is 0 Å². The van der Waals surface area contributed by atoms with Gasteiger partial charge in [-0.2, -0.15) is 0 Å². The second-order valence-corrected chi connectivity index (χ2v) is 2.79. The largest absolute Gasteiger partial charge is 0.330 e. The van der Waals surface area contributed by atoms with Gasteiger partial charge in [-0.3, -0.25) is 0 Å². The molecule has 62 valence electrons. The number of hydrogen-bond donors (Lipinski definition) is 2. The summed E-state index contributed by atoms with van der Waals surface area (Å²) in [5.41, 5.74) is 8.32. The smallest absolute Gasteiger partial charge is 0.0572 e. The second-order valence-electron chi connectivity index (χ2n) is 2.79. The van der Waals surface area contributed by atoms with Crippen molar-refractivity contribution in [3.63, 3.8) is 0 Å². The molecule has 0 spiro atoms. The lowest BCUT2D eigenvalue weighted by Gasteiger charge is -2.17. The van der Waals surface area contributed by atoms with Crippen molar-refractivity contribution in [3.05, 3.63) is 0 Å². The van der Waals surface area contributed by atoms with Gasteiger partial charge in [0.2, 0.25) is 0 Å². The van der Waals surface area contributed by atoms with Crippen LogP contribution in [0.15, 0.2) is 0 Å². The molecule has 1 unspecified atom stereocenters. The highest BCUT2D eigenvalue weighted by molar-refractivity contribution is 4.63.